The molecule has 2 heterocycles. The van der Waals surface area contributed by atoms with Gasteiger partial charge in [0, 0.05) is 19.5 Å². The van der Waals surface area contributed by atoms with Gasteiger partial charge in [0.2, 0.25) is 5.88 Å². The Morgan fingerprint density at radius 3 is 2.79 bits per heavy atom. The number of pyridine rings is 2. The van der Waals surface area contributed by atoms with E-state index in [2.05, 4.69) is 15.3 Å². The first-order valence-corrected chi connectivity index (χ1v) is 7.95. The maximum Gasteiger partial charge on any atom is 0.258 e. The van der Waals surface area contributed by atoms with Gasteiger partial charge in [-0.05, 0) is 44.0 Å². The molecule has 24 heavy (non-hydrogen) atoms. The molecule has 0 spiro atoms. The largest absolute Gasteiger partial charge is 0.474 e. The van der Waals surface area contributed by atoms with E-state index in [0.29, 0.717) is 23.9 Å². The zero-order chi connectivity index (χ0) is 17.5. The lowest BCUT2D eigenvalue weighted by Gasteiger charge is -2.11. The Hall–Kier alpha value is -2.18. The number of aromatic nitrogens is 2. The highest BCUT2D eigenvalue weighted by molar-refractivity contribution is 6.32. The normalized spacial score (nSPS) is 10.7. The van der Waals surface area contributed by atoms with Crippen molar-refractivity contribution in [1.29, 1.82) is 0 Å². The van der Waals surface area contributed by atoms with Gasteiger partial charge in [-0.15, -0.1) is 0 Å². The third-order valence-corrected chi connectivity index (χ3v) is 3.35. The SMILES string of the molecule is COCCc1ccnc(NC(=O)c2cnc(OC(C)C)c(Cl)c2)c1. The molecule has 7 heteroatoms. The van der Waals surface area contributed by atoms with Crippen molar-refractivity contribution in [3.63, 3.8) is 0 Å². The second-order valence-electron chi connectivity index (χ2n) is 5.42. The van der Waals surface area contributed by atoms with E-state index in [-0.39, 0.29) is 17.0 Å². The first-order valence-electron chi connectivity index (χ1n) is 7.57. The lowest BCUT2D eigenvalue weighted by Crippen LogP contribution is -2.14. The summed E-state index contributed by atoms with van der Waals surface area (Å²) in [4.78, 5) is 20.5. The number of hydrogen-bond donors (Lipinski definition) is 1. The quantitative estimate of drug-likeness (QED) is 0.829. The minimum absolute atomic E-state index is 0.0475. The zero-order valence-electron chi connectivity index (χ0n) is 13.9. The number of rotatable bonds is 7. The molecule has 2 rings (SSSR count). The van der Waals surface area contributed by atoms with Crippen LogP contribution in [-0.4, -0.2) is 35.7 Å². The van der Waals surface area contributed by atoms with E-state index in [9.17, 15) is 4.79 Å². The van der Waals surface area contributed by atoms with Crippen molar-refractivity contribution in [2.75, 3.05) is 19.0 Å². The van der Waals surface area contributed by atoms with Crippen LogP contribution in [0.1, 0.15) is 29.8 Å². The summed E-state index contributed by atoms with van der Waals surface area (Å²) in [6.07, 6.45) is 3.77. The minimum Gasteiger partial charge on any atom is -0.474 e. The molecule has 1 N–H and O–H groups in total. The summed E-state index contributed by atoms with van der Waals surface area (Å²) >= 11 is 6.11. The number of hydrogen-bond acceptors (Lipinski definition) is 5. The van der Waals surface area contributed by atoms with E-state index in [1.165, 1.54) is 12.3 Å². The van der Waals surface area contributed by atoms with E-state index in [1.807, 2.05) is 26.0 Å². The second-order valence-corrected chi connectivity index (χ2v) is 5.83. The molecular formula is C17H20ClN3O3. The van der Waals surface area contributed by atoms with Gasteiger partial charge in [-0.3, -0.25) is 4.79 Å². The molecule has 0 radical (unpaired) electrons. The number of amides is 1. The summed E-state index contributed by atoms with van der Waals surface area (Å²) < 4.78 is 10.5. The molecule has 1 amide bonds. The van der Waals surface area contributed by atoms with Crippen molar-refractivity contribution in [1.82, 2.24) is 9.97 Å². The van der Waals surface area contributed by atoms with Gasteiger partial charge in [-0.2, -0.15) is 0 Å². The van der Waals surface area contributed by atoms with Gasteiger partial charge in [-0.25, -0.2) is 9.97 Å². The molecule has 0 aromatic carbocycles. The van der Waals surface area contributed by atoms with Crippen LogP contribution >= 0.6 is 11.6 Å². The maximum absolute atomic E-state index is 12.3. The number of halogens is 1. The highest BCUT2D eigenvalue weighted by Gasteiger charge is 2.12. The number of methoxy groups -OCH3 is 1. The standard InChI is InChI=1S/C17H20ClN3O3/c1-11(2)24-17-14(18)9-13(10-20-17)16(22)21-15-8-12(4-6-19-15)5-7-23-3/h4,6,8-11H,5,7H2,1-3H3,(H,19,21,22). The molecular weight excluding hydrogens is 330 g/mol. The van der Waals surface area contributed by atoms with Crippen molar-refractivity contribution in [2.45, 2.75) is 26.4 Å². The summed E-state index contributed by atoms with van der Waals surface area (Å²) in [5.74, 6) is 0.437. The fourth-order valence-corrected chi connectivity index (χ4v) is 2.18. The molecule has 0 atom stereocenters. The molecule has 0 bridgehead atoms. The number of anilines is 1. The molecule has 2 aromatic heterocycles. The summed E-state index contributed by atoms with van der Waals surface area (Å²) in [5.41, 5.74) is 1.36. The van der Waals surface area contributed by atoms with E-state index in [4.69, 9.17) is 21.1 Å². The summed E-state index contributed by atoms with van der Waals surface area (Å²) in [7, 11) is 1.65. The summed E-state index contributed by atoms with van der Waals surface area (Å²) in [5, 5.41) is 3.02. The molecule has 0 aliphatic heterocycles. The molecule has 0 saturated carbocycles. The molecule has 6 nitrogen and oxygen atoms in total. The molecule has 0 fully saturated rings. The van der Waals surface area contributed by atoms with Crippen LogP contribution in [0, 0.1) is 0 Å². The summed E-state index contributed by atoms with van der Waals surface area (Å²) in [6, 6.07) is 5.21. The van der Waals surface area contributed by atoms with Gasteiger partial charge in [0.1, 0.15) is 10.8 Å². The van der Waals surface area contributed by atoms with Crippen LogP contribution < -0.4 is 10.1 Å². The van der Waals surface area contributed by atoms with Gasteiger partial charge in [-0.1, -0.05) is 11.6 Å². The molecule has 0 aliphatic rings. The number of carbonyl (C=O) groups is 1. The van der Waals surface area contributed by atoms with Crippen LogP contribution in [0.25, 0.3) is 0 Å². The van der Waals surface area contributed by atoms with Crippen LogP contribution in [0.4, 0.5) is 5.82 Å². The highest BCUT2D eigenvalue weighted by atomic mass is 35.5. The van der Waals surface area contributed by atoms with Gasteiger partial charge < -0.3 is 14.8 Å². The monoisotopic (exact) mass is 349 g/mol. The molecule has 0 unspecified atom stereocenters. The minimum atomic E-state index is -0.336. The Morgan fingerprint density at radius 2 is 2.12 bits per heavy atom. The van der Waals surface area contributed by atoms with Crippen LogP contribution in [0.3, 0.4) is 0 Å². The van der Waals surface area contributed by atoms with E-state index >= 15 is 0 Å². The third-order valence-electron chi connectivity index (χ3n) is 3.08. The van der Waals surface area contributed by atoms with Gasteiger partial charge >= 0.3 is 0 Å². The smallest absolute Gasteiger partial charge is 0.258 e. The predicted molar refractivity (Wildman–Crippen MR) is 92.8 cm³/mol. The van der Waals surface area contributed by atoms with Crippen molar-refractivity contribution in [2.24, 2.45) is 0 Å². The Balaban J connectivity index is 2.08. The van der Waals surface area contributed by atoms with Crippen molar-refractivity contribution >= 4 is 23.3 Å². The average Bonchev–Trinajstić information content (AvgIpc) is 2.54. The van der Waals surface area contributed by atoms with Gasteiger partial charge in [0.15, 0.2) is 0 Å². The van der Waals surface area contributed by atoms with E-state index < -0.39 is 0 Å². The lowest BCUT2D eigenvalue weighted by molar-refractivity contribution is 0.102. The second kappa shape index (κ2) is 8.61. The summed E-state index contributed by atoms with van der Waals surface area (Å²) in [6.45, 7) is 4.36. The van der Waals surface area contributed by atoms with Gasteiger partial charge in [0.05, 0.1) is 18.3 Å². The van der Waals surface area contributed by atoms with Crippen LogP contribution in [0.5, 0.6) is 5.88 Å². The highest BCUT2D eigenvalue weighted by Crippen LogP contribution is 2.23. The number of nitrogens with one attached hydrogen (secondary N) is 1. The number of carbonyl (C=O) groups excluding carboxylic acids is 1. The Kier molecular flexibility index (Phi) is 6.52. The first-order chi connectivity index (χ1) is 11.5. The van der Waals surface area contributed by atoms with E-state index in [1.54, 1.807) is 13.3 Å². The van der Waals surface area contributed by atoms with Crippen molar-refractivity contribution in [3.8, 4) is 5.88 Å². The predicted octanol–water partition coefficient (Wildman–Crippen LogP) is 3.36. The van der Waals surface area contributed by atoms with Gasteiger partial charge in [0.25, 0.3) is 5.91 Å². The van der Waals surface area contributed by atoms with Crippen molar-refractivity contribution in [3.05, 3.63) is 46.7 Å². The van der Waals surface area contributed by atoms with Crippen LogP contribution in [0.15, 0.2) is 30.6 Å². The maximum atomic E-state index is 12.3. The molecule has 2 aromatic rings. The Bertz CT molecular complexity index is 707. The molecule has 0 aliphatic carbocycles. The zero-order valence-corrected chi connectivity index (χ0v) is 14.6. The molecule has 128 valence electrons. The lowest BCUT2D eigenvalue weighted by atomic mass is 10.2. The van der Waals surface area contributed by atoms with Crippen molar-refractivity contribution < 1.29 is 14.3 Å². The Morgan fingerprint density at radius 1 is 1.33 bits per heavy atom. The third kappa shape index (κ3) is 5.18. The molecule has 0 saturated heterocycles. The number of nitrogens with zero attached hydrogens (tertiary/aromatic N) is 2. The average molecular weight is 350 g/mol. The van der Waals surface area contributed by atoms with E-state index in [0.717, 1.165) is 12.0 Å². The van der Waals surface area contributed by atoms with Crippen LogP contribution in [-0.2, 0) is 11.2 Å². The van der Waals surface area contributed by atoms with Crippen LogP contribution in [0.2, 0.25) is 5.02 Å². The number of ether oxygens (including phenoxy) is 2. The fourth-order valence-electron chi connectivity index (χ4n) is 1.97. The Labute approximate surface area is 146 Å². The first kappa shape index (κ1) is 18.2. The topological polar surface area (TPSA) is 73.3 Å². The fraction of sp³-hybridized carbons (Fsp3) is 0.353.